The Morgan fingerprint density at radius 3 is 2.14 bits per heavy atom. The predicted molar refractivity (Wildman–Crippen MR) is 61.7 cm³/mol. The monoisotopic (exact) mass is 292 g/mol. The molecule has 0 amide bonds. The van der Waals surface area contributed by atoms with Crippen molar-refractivity contribution < 1.29 is 5.11 Å². The van der Waals surface area contributed by atoms with Crippen molar-refractivity contribution in [1.82, 2.24) is 0 Å². The van der Waals surface area contributed by atoms with E-state index in [1.165, 1.54) is 12.1 Å². The first-order valence-electron chi connectivity index (χ1n) is 3.52. The van der Waals surface area contributed by atoms with Gasteiger partial charge in [-0.3, -0.25) is 0 Å². The highest BCUT2D eigenvalue weighted by Crippen LogP contribution is 2.42. The molecule has 14 heavy (non-hydrogen) atoms. The first kappa shape index (κ1) is 12.7. The van der Waals surface area contributed by atoms with Crippen molar-refractivity contribution in [2.24, 2.45) is 0 Å². The minimum atomic E-state index is -1.81. The molecule has 0 bridgehead atoms. The molecule has 0 unspecified atom stereocenters. The normalized spacial score (nSPS) is 14.1. The molecule has 0 aromatic heterocycles. The van der Waals surface area contributed by atoms with E-state index >= 15 is 0 Å². The first-order valence-corrected chi connectivity index (χ1v) is 5.41. The lowest BCUT2D eigenvalue weighted by atomic mass is 10.1. The molecule has 1 aromatic carbocycles. The van der Waals surface area contributed by atoms with Crippen LogP contribution in [0.2, 0.25) is 10.0 Å². The molecule has 1 atom stereocenters. The number of hydrogen-bond donors (Lipinski definition) is 1. The van der Waals surface area contributed by atoms with Crippen LogP contribution in [0, 0.1) is 0 Å². The van der Waals surface area contributed by atoms with E-state index in [4.69, 9.17) is 58.0 Å². The predicted octanol–water partition coefficient (Wildman–Crippen LogP) is 4.40. The van der Waals surface area contributed by atoms with Crippen LogP contribution in [0.4, 0.5) is 0 Å². The topological polar surface area (TPSA) is 20.2 Å². The van der Waals surface area contributed by atoms with Crippen LogP contribution in [0.25, 0.3) is 0 Å². The van der Waals surface area contributed by atoms with Crippen LogP contribution in [0.15, 0.2) is 18.2 Å². The summed E-state index contributed by atoms with van der Waals surface area (Å²) in [4.78, 5) is 0. The van der Waals surface area contributed by atoms with Crippen LogP contribution in [-0.2, 0) is 0 Å². The third-order valence-electron chi connectivity index (χ3n) is 1.57. The summed E-state index contributed by atoms with van der Waals surface area (Å²) in [5.41, 5.74) is 0.330. The van der Waals surface area contributed by atoms with Crippen LogP contribution < -0.4 is 0 Å². The third-order valence-corrected chi connectivity index (χ3v) is 2.75. The summed E-state index contributed by atoms with van der Waals surface area (Å²) in [6, 6.07) is 4.54. The van der Waals surface area contributed by atoms with Gasteiger partial charge in [0.1, 0.15) is 6.10 Å². The summed E-state index contributed by atoms with van der Waals surface area (Å²) >= 11 is 28.0. The Balaban J connectivity index is 3.08. The van der Waals surface area contributed by atoms with E-state index in [9.17, 15) is 5.11 Å². The smallest absolute Gasteiger partial charge is 0.220 e. The summed E-state index contributed by atoms with van der Waals surface area (Å²) in [5, 5.41) is 10.3. The zero-order valence-corrected chi connectivity index (χ0v) is 10.4. The number of halogens is 5. The second kappa shape index (κ2) is 4.65. The van der Waals surface area contributed by atoms with E-state index in [1.807, 2.05) is 0 Å². The number of hydrogen-bond acceptors (Lipinski definition) is 1. The molecule has 0 aliphatic rings. The fourth-order valence-corrected chi connectivity index (χ4v) is 1.76. The summed E-state index contributed by atoms with van der Waals surface area (Å²) in [5.74, 6) is 0. The molecular formula is C8H5Cl5O. The van der Waals surface area contributed by atoms with Gasteiger partial charge in [-0.15, -0.1) is 0 Å². The highest BCUT2D eigenvalue weighted by atomic mass is 35.6. The van der Waals surface area contributed by atoms with Gasteiger partial charge in [0, 0.05) is 15.6 Å². The molecule has 1 aromatic rings. The first-order chi connectivity index (χ1) is 6.32. The van der Waals surface area contributed by atoms with Gasteiger partial charge in [-0.05, 0) is 12.1 Å². The van der Waals surface area contributed by atoms with E-state index in [0.717, 1.165) is 0 Å². The summed E-state index contributed by atoms with van der Waals surface area (Å²) in [6.07, 6.45) is -1.28. The van der Waals surface area contributed by atoms with E-state index in [1.54, 1.807) is 6.07 Å². The number of aliphatic hydroxyl groups excluding tert-OH is 1. The van der Waals surface area contributed by atoms with Gasteiger partial charge in [0.15, 0.2) is 0 Å². The minimum Gasteiger partial charge on any atom is -0.384 e. The Bertz CT molecular complexity index is 333. The van der Waals surface area contributed by atoms with Crippen molar-refractivity contribution in [3.63, 3.8) is 0 Å². The lowest BCUT2D eigenvalue weighted by Gasteiger charge is -2.20. The summed E-state index contributed by atoms with van der Waals surface area (Å²) < 4.78 is -1.81. The van der Waals surface area contributed by atoms with Crippen LogP contribution >= 0.6 is 58.0 Å². The van der Waals surface area contributed by atoms with E-state index < -0.39 is 9.90 Å². The largest absolute Gasteiger partial charge is 0.384 e. The molecule has 0 aliphatic heterocycles. The lowest BCUT2D eigenvalue weighted by Crippen LogP contribution is -2.16. The van der Waals surface area contributed by atoms with Gasteiger partial charge in [0.05, 0.1) is 0 Å². The average molecular weight is 294 g/mol. The van der Waals surface area contributed by atoms with Crippen LogP contribution in [-0.4, -0.2) is 8.90 Å². The number of benzene rings is 1. The molecule has 0 aliphatic carbocycles. The van der Waals surface area contributed by atoms with Crippen molar-refractivity contribution in [3.8, 4) is 0 Å². The molecule has 6 heteroatoms. The van der Waals surface area contributed by atoms with E-state index in [0.29, 0.717) is 10.6 Å². The van der Waals surface area contributed by atoms with Crippen LogP contribution in [0.1, 0.15) is 11.7 Å². The minimum absolute atomic E-state index is 0.260. The SMILES string of the molecule is O[C@@H](c1ccc(Cl)cc1Cl)C(Cl)(Cl)Cl. The number of aliphatic hydroxyl groups is 1. The maximum atomic E-state index is 9.61. The molecule has 78 valence electrons. The summed E-state index contributed by atoms with van der Waals surface area (Å²) in [6.45, 7) is 0. The second-order valence-electron chi connectivity index (χ2n) is 2.61. The zero-order valence-electron chi connectivity index (χ0n) is 6.65. The Morgan fingerprint density at radius 1 is 1.14 bits per heavy atom. The van der Waals surface area contributed by atoms with Crippen LogP contribution in [0.5, 0.6) is 0 Å². The van der Waals surface area contributed by atoms with Gasteiger partial charge >= 0.3 is 0 Å². The van der Waals surface area contributed by atoms with Gasteiger partial charge in [-0.2, -0.15) is 0 Å². The standard InChI is InChI=1S/C8H5Cl5O/c9-4-1-2-5(6(10)3-4)7(14)8(11,12)13/h1-3,7,14H/t7-/m0/s1. The van der Waals surface area contributed by atoms with Gasteiger partial charge < -0.3 is 5.11 Å². The number of alkyl halides is 3. The zero-order chi connectivity index (χ0) is 10.9. The Morgan fingerprint density at radius 2 is 1.71 bits per heavy atom. The molecule has 0 fully saturated rings. The maximum absolute atomic E-state index is 9.61. The van der Waals surface area contributed by atoms with Crippen LogP contribution in [0.3, 0.4) is 0 Å². The lowest BCUT2D eigenvalue weighted by molar-refractivity contribution is 0.182. The third kappa shape index (κ3) is 3.06. The molecular weight excluding hydrogens is 289 g/mol. The van der Waals surface area contributed by atoms with Crippen molar-refractivity contribution >= 4 is 58.0 Å². The highest BCUT2D eigenvalue weighted by Gasteiger charge is 2.33. The molecule has 1 nitrogen and oxygen atoms in total. The Labute approximate surface area is 106 Å². The van der Waals surface area contributed by atoms with Crippen molar-refractivity contribution in [2.45, 2.75) is 9.90 Å². The van der Waals surface area contributed by atoms with Gasteiger partial charge in [0.2, 0.25) is 3.79 Å². The molecule has 0 radical (unpaired) electrons. The fraction of sp³-hybridized carbons (Fsp3) is 0.250. The molecule has 1 N–H and O–H groups in total. The number of rotatable bonds is 1. The highest BCUT2D eigenvalue weighted by molar-refractivity contribution is 6.68. The van der Waals surface area contributed by atoms with Gasteiger partial charge in [-0.1, -0.05) is 64.1 Å². The second-order valence-corrected chi connectivity index (χ2v) is 5.82. The van der Waals surface area contributed by atoms with E-state index in [-0.39, 0.29) is 5.02 Å². The van der Waals surface area contributed by atoms with Gasteiger partial charge in [0.25, 0.3) is 0 Å². The summed E-state index contributed by atoms with van der Waals surface area (Å²) in [7, 11) is 0. The molecule has 0 saturated heterocycles. The van der Waals surface area contributed by atoms with Crippen molar-refractivity contribution in [2.75, 3.05) is 0 Å². The fourth-order valence-electron chi connectivity index (χ4n) is 0.900. The Kier molecular flexibility index (Phi) is 4.22. The van der Waals surface area contributed by atoms with E-state index in [2.05, 4.69) is 0 Å². The average Bonchev–Trinajstić information content (AvgIpc) is 2.01. The van der Waals surface area contributed by atoms with Crippen molar-refractivity contribution in [1.29, 1.82) is 0 Å². The Hall–Kier alpha value is 0.630. The van der Waals surface area contributed by atoms with Crippen molar-refractivity contribution in [3.05, 3.63) is 33.8 Å². The quantitative estimate of drug-likeness (QED) is 0.761. The molecule has 0 saturated carbocycles. The maximum Gasteiger partial charge on any atom is 0.220 e. The molecule has 1 rings (SSSR count). The molecule has 0 spiro atoms. The molecule has 0 heterocycles. The van der Waals surface area contributed by atoms with Gasteiger partial charge in [-0.25, -0.2) is 0 Å².